The van der Waals surface area contributed by atoms with Crippen molar-refractivity contribution in [3.05, 3.63) is 58.1 Å². The average molecular weight is 335 g/mol. The number of benzene rings is 2. The van der Waals surface area contributed by atoms with E-state index in [4.69, 9.17) is 10.8 Å². The second-order valence-electron chi connectivity index (χ2n) is 4.07. The molecule has 0 aliphatic heterocycles. The number of carbonyl (C=O) groups is 2. The summed E-state index contributed by atoms with van der Waals surface area (Å²) in [6.45, 7) is 0. The number of hydrogen-bond donors (Lipinski definition) is 3. The molecule has 102 valence electrons. The summed E-state index contributed by atoms with van der Waals surface area (Å²) in [5.41, 5.74) is 7.11. The van der Waals surface area contributed by atoms with Gasteiger partial charge in [0.05, 0.1) is 5.56 Å². The molecule has 5 nitrogen and oxygen atoms in total. The molecule has 4 N–H and O–H groups in total. The lowest BCUT2D eigenvalue weighted by atomic mass is 10.1. The van der Waals surface area contributed by atoms with Crippen LogP contribution < -0.4 is 11.1 Å². The molecule has 0 fully saturated rings. The van der Waals surface area contributed by atoms with Crippen molar-refractivity contribution < 1.29 is 14.7 Å². The monoisotopic (exact) mass is 334 g/mol. The number of hydrogen-bond acceptors (Lipinski definition) is 3. The second-order valence-corrected chi connectivity index (χ2v) is 4.92. The van der Waals surface area contributed by atoms with Gasteiger partial charge in [-0.25, -0.2) is 4.79 Å². The number of nitrogens with one attached hydrogen (secondary N) is 1. The van der Waals surface area contributed by atoms with E-state index in [0.29, 0.717) is 15.7 Å². The Hall–Kier alpha value is -2.34. The smallest absolute Gasteiger partial charge is 0.336 e. The van der Waals surface area contributed by atoms with Crippen LogP contribution in [0, 0.1) is 0 Å². The van der Waals surface area contributed by atoms with Gasteiger partial charge in [0.2, 0.25) is 5.91 Å². The highest BCUT2D eigenvalue weighted by Crippen LogP contribution is 2.24. The Morgan fingerprint density at radius 1 is 1.05 bits per heavy atom. The number of anilines is 2. The van der Waals surface area contributed by atoms with Crippen molar-refractivity contribution in [1.29, 1.82) is 0 Å². The lowest BCUT2D eigenvalue weighted by molar-refractivity contribution is 0.0695. The van der Waals surface area contributed by atoms with Gasteiger partial charge in [-0.3, -0.25) is 4.79 Å². The van der Waals surface area contributed by atoms with Gasteiger partial charge in [-0.05, 0) is 58.4 Å². The Bertz CT molecular complexity index is 669. The SMILES string of the molecule is NC(=O)c1ccc(Nc2ccc(Br)c(C(=O)O)c2)cc1. The van der Waals surface area contributed by atoms with Gasteiger partial charge < -0.3 is 16.2 Å². The topological polar surface area (TPSA) is 92.4 Å². The van der Waals surface area contributed by atoms with Crippen LogP contribution in [0.15, 0.2) is 46.9 Å². The molecule has 0 saturated heterocycles. The zero-order valence-corrected chi connectivity index (χ0v) is 11.8. The minimum Gasteiger partial charge on any atom is -0.478 e. The van der Waals surface area contributed by atoms with Gasteiger partial charge in [-0.1, -0.05) is 0 Å². The van der Waals surface area contributed by atoms with E-state index < -0.39 is 11.9 Å². The molecule has 2 aromatic rings. The molecule has 20 heavy (non-hydrogen) atoms. The van der Waals surface area contributed by atoms with Crippen molar-refractivity contribution in [2.24, 2.45) is 5.73 Å². The van der Waals surface area contributed by atoms with E-state index in [1.807, 2.05) is 0 Å². The van der Waals surface area contributed by atoms with Crippen molar-refractivity contribution in [3.8, 4) is 0 Å². The number of nitrogens with two attached hydrogens (primary N) is 1. The summed E-state index contributed by atoms with van der Waals surface area (Å²) in [4.78, 5) is 22.0. The standard InChI is InChI=1S/C14H11BrN2O3/c15-12-6-5-10(7-11(12)14(19)20)17-9-3-1-8(2-4-9)13(16)18/h1-7,17H,(H2,16,18)(H,19,20). The normalized spacial score (nSPS) is 10.1. The first-order valence-corrected chi connectivity index (χ1v) is 6.46. The van der Waals surface area contributed by atoms with Crippen molar-refractivity contribution in [3.63, 3.8) is 0 Å². The molecule has 0 aromatic heterocycles. The summed E-state index contributed by atoms with van der Waals surface area (Å²) >= 11 is 3.18. The number of halogens is 1. The Balaban J connectivity index is 2.23. The molecule has 0 saturated carbocycles. The lowest BCUT2D eigenvalue weighted by Crippen LogP contribution is -2.10. The molecule has 2 aromatic carbocycles. The van der Waals surface area contributed by atoms with Gasteiger partial charge in [0.1, 0.15) is 0 Å². The van der Waals surface area contributed by atoms with Gasteiger partial charge >= 0.3 is 5.97 Å². The molecule has 0 atom stereocenters. The highest BCUT2D eigenvalue weighted by atomic mass is 79.9. The first-order chi connectivity index (χ1) is 9.47. The zero-order chi connectivity index (χ0) is 14.7. The second kappa shape index (κ2) is 5.75. The average Bonchev–Trinajstić information content (AvgIpc) is 2.41. The molecule has 0 heterocycles. The van der Waals surface area contributed by atoms with Crippen LogP contribution in [0.1, 0.15) is 20.7 Å². The molecular formula is C14H11BrN2O3. The van der Waals surface area contributed by atoms with E-state index >= 15 is 0 Å². The van der Waals surface area contributed by atoms with Crippen LogP contribution in [0.3, 0.4) is 0 Å². The third kappa shape index (κ3) is 3.16. The molecule has 6 heteroatoms. The van der Waals surface area contributed by atoms with Gasteiger partial charge in [0.25, 0.3) is 0 Å². The third-order valence-corrected chi connectivity index (χ3v) is 3.35. The lowest BCUT2D eigenvalue weighted by Gasteiger charge is -2.08. The van der Waals surface area contributed by atoms with Crippen LogP contribution in [-0.2, 0) is 0 Å². The van der Waals surface area contributed by atoms with Gasteiger partial charge in [0, 0.05) is 21.4 Å². The van der Waals surface area contributed by atoms with Gasteiger partial charge in [0.15, 0.2) is 0 Å². The summed E-state index contributed by atoms with van der Waals surface area (Å²) in [5.74, 6) is -1.50. The predicted octanol–water partition coefficient (Wildman–Crippen LogP) is 2.99. The van der Waals surface area contributed by atoms with E-state index in [0.717, 1.165) is 5.69 Å². The fourth-order valence-electron chi connectivity index (χ4n) is 1.65. The quantitative estimate of drug-likeness (QED) is 0.801. The van der Waals surface area contributed by atoms with Crippen LogP contribution in [0.5, 0.6) is 0 Å². The molecule has 0 aliphatic rings. The third-order valence-electron chi connectivity index (χ3n) is 2.65. The van der Waals surface area contributed by atoms with Crippen molar-refractivity contribution in [2.75, 3.05) is 5.32 Å². The molecular weight excluding hydrogens is 324 g/mol. The molecule has 0 bridgehead atoms. The van der Waals surface area contributed by atoms with E-state index in [1.165, 1.54) is 6.07 Å². The highest BCUT2D eigenvalue weighted by molar-refractivity contribution is 9.10. The maximum absolute atomic E-state index is 11.0. The maximum atomic E-state index is 11.0. The molecule has 0 spiro atoms. The summed E-state index contributed by atoms with van der Waals surface area (Å²) in [5, 5.41) is 12.1. The Kier molecular flexibility index (Phi) is 4.05. The number of carbonyl (C=O) groups excluding carboxylic acids is 1. The Morgan fingerprint density at radius 2 is 1.65 bits per heavy atom. The fraction of sp³-hybridized carbons (Fsp3) is 0. The molecule has 1 amide bonds. The van der Waals surface area contributed by atoms with Crippen molar-refractivity contribution in [2.45, 2.75) is 0 Å². The minimum absolute atomic E-state index is 0.170. The number of primary amides is 1. The maximum Gasteiger partial charge on any atom is 0.336 e. The Morgan fingerprint density at radius 3 is 2.20 bits per heavy atom. The Labute approximate surface area is 123 Å². The molecule has 0 radical (unpaired) electrons. The van der Waals surface area contributed by atoms with Crippen LogP contribution in [0.25, 0.3) is 0 Å². The summed E-state index contributed by atoms with van der Waals surface area (Å²) in [6, 6.07) is 11.5. The van der Waals surface area contributed by atoms with E-state index in [2.05, 4.69) is 21.2 Å². The summed E-state index contributed by atoms with van der Waals surface area (Å²) in [7, 11) is 0. The number of carboxylic acids is 1. The fourth-order valence-corrected chi connectivity index (χ4v) is 2.07. The number of rotatable bonds is 4. The van der Waals surface area contributed by atoms with E-state index in [9.17, 15) is 9.59 Å². The number of aromatic carboxylic acids is 1. The van der Waals surface area contributed by atoms with Crippen molar-refractivity contribution >= 4 is 39.2 Å². The first-order valence-electron chi connectivity index (χ1n) is 5.67. The van der Waals surface area contributed by atoms with Crippen molar-refractivity contribution in [1.82, 2.24) is 0 Å². The molecule has 0 unspecified atom stereocenters. The summed E-state index contributed by atoms with van der Waals surface area (Å²) < 4.78 is 0.514. The van der Waals surface area contributed by atoms with Gasteiger partial charge in [-0.2, -0.15) is 0 Å². The molecule has 2 rings (SSSR count). The zero-order valence-electron chi connectivity index (χ0n) is 10.3. The minimum atomic E-state index is -1.01. The highest BCUT2D eigenvalue weighted by Gasteiger charge is 2.09. The first kappa shape index (κ1) is 14.1. The van der Waals surface area contributed by atoms with Crippen LogP contribution in [0.4, 0.5) is 11.4 Å². The van der Waals surface area contributed by atoms with Crippen LogP contribution >= 0.6 is 15.9 Å². The van der Waals surface area contributed by atoms with Crippen LogP contribution in [0.2, 0.25) is 0 Å². The van der Waals surface area contributed by atoms with Gasteiger partial charge in [-0.15, -0.1) is 0 Å². The van der Waals surface area contributed by atoms with Crippen LogP contribution in [-0.4, -0.2) is 17.0 Å². The van der Waals surface area contributed by atoms with E-state index in [1.54, 1.807) is 36.4 Å². The number of carboxylic acid groups (broad SMARTS) is 1. The molecule has 0 aliphatic carbocycles. The predicted molar refractivity (Wildman–Crippen MR) is 79.3 cm³/mol. The summed E-state index contributed by atoms with van der Waals surface area (Å²) in [6.07, 6.45) is 0. The van der Waals surface area contributed by atoms with E-state index in [-0.39, 0.29) is 5.56 Å². The number of amides is 1. The largest absolute Gasteiger partial charge is 0.478 e.